The van der Waals surface area contributed by atoms with E-state index in [-0.39, 0.29) is 11.5 Å². The molecule has 3 rings (SSSR count). The van der Waals surface area contributed by atoms with E-state index in [9.17, 15) is 19.2 Å². The predicted octanol–water partition coefficient (Wildman–Crippen LogP) is 2.78. The summed E-state index contributed by atoms with van der Waals surface area (Å²) in [7, 11) is 0. The van der Waals surface area contributed by atoms with Gasteiger partial charge in [-0.1, -0.05) is 44.2 Å². The van der Waals surface area contributed by atoms with Crippen LogP contribution in [-0.4, -0.2) is 37.0 Å². The molecule has 1 aliphatic rings. The number of urea groups is 1. The molecule has 31 heavy (non-hydrogen) atoms. The van der Waals surface area contributed by atoms with Gasteiger partial charge >= 0.3 is 18.0 Å². The van der Waals surface area contributed by atoms with Crippen LogP contribution in [0.4, 0.5) is 4.79 Å². The zero-order chi connectivity index (χ0) is 22.4. The number of cyclic esters (lactones) is 1. The molecule has 2 N–H and O–H groups in total. The van der Waals surface area contributed by atoms with Gasteiger partial charge in [0.05, 0.1) is 11.1 Å². The molecule has 3 amide bonds. The van der Waals surface area contributed by atoms with E-state index in [2.05, 4.69) is 10.6 Å². The van der Waals surface area contributed by atoms with Gasteiger partial charge in [-0.15, -0.1) is 0 Å². The summed E-state index contributed by atoms with van der Waals surface area (Å²) in [5, 5.41) is 4.63. The lowest BCUT2D eigenvalue weighted by Crippen LogP contribution is -2.42. The molecule has 0 fully saturated rings. The van der Waals surface area contributed by atoms with E-state index in [1.54, 1.807) is 6.07 Å². The zero-order valence-corrected chi connectivity index (χ0v) is 17.3. The van der Waals surface area contributed by atoms with Crippen LogP contribution in [0.2, 0.25) is 0 Å². The van der Waals surface area contributed by atoms with Crippen LogP contribution >= 0.6 is 0 Å². The highest BCUT2D eigenvalue weighted by atomic mass is 16.5. The first-order chi connectivity index (χ1) is 14.8. The molecule has 1 unspecified atom stereocenters. The second-order valence-electron chi connectivity index (χ2n) is 7.61. The van der Waals surface area contributed by atoms with Crippen molar-refractivity contribution in [3.8, 4) is 0 Å². The Balaban J connectivity index is 1.60. The Kier molecular flexibility index (Phi) is 7.02. The third-order valence-corrected chi connectivity index (χ3v) is 4.64. The maximum absolute atomic E-state index is 12.3. The van der Waals surface area contributed by atoms with Crippen LogP contribution in [-0.2, 0) is 20.7 Å². The Labute approximate surface area is 179 Å². The molecule has 8 heteroatoms. The Hall–Kier alpha value is -3.68. The van der Waals surface area contributed by atoms with Crippen LogP contribution in [0.15, 0.2) is 48.5 Å². The molecule has 2 aromatic rings. The van der Waals surface area contributed by atoms with Gasteiger partial charge in [0.2, 0.25) is 0 Å². The van der Waals surface area contributed by atoms with E-state index in [4.69, 9.17) is 9.47 Å². The van der Waals surface area contributed by atoms with Crippen molar-refractivity contribution in [3.63, 3.8) is 0 Å². The van der Waals surface area contributed by atoms with E-state index in [0.717, 1.165) is 5.56 Å². The second-order valence-corrected chi connectivity index (χ2v) is 7.61. The van der Waals surface area contributed by atoms with Crippen molar-refractivity contribution >= 4 is 23.9 Å². The monoisotopic (exact) mass is 424 g/mol. The van der Waals surface area contributed by atoms with Crippen LogP contribution < -0.4 is 10.6 Å². The maximum Gasteiger partial charge on any atom is 0.339 e. The van der Waals surface area contributed by atoms with Gasteiger partial charge in [0.1, 0.15) is 6.10 Å². The molecule has 1 atom stereocenters. The Morgan fingerprint density at radius 3 is 2.58 bits per heavy atom. The number of hydrogen-bond donors (Lipinski definition) is 2. The summed E-state index contributed by atoms with van der Waals surface area (Å²) in [6, 6.07) is 13.2. The third kappa shape index (κ3) is 5.91. The highest BCUT2D eigenvalue weighted by Gasteiger charge is 2.28. The van der Waals surface area contributed by atoms with Gasteiger partial charge in [0.15, 0.2) is 6.61 Å². The summed E-state index contributed by atoms with van der Waals surface area (Å²) in [5.41, 5.74) is 2.12. The molecular formula is C23H24N2O6. The van der Waals surface area contributed by atoms with Crippen molar-refractivity contribution in [1.29, 1.82) is 0 Å². The summed E-state index contributed by atoms with van der Waals surface area (Å²) in [5.74, 6) is -1.68. The number of fused-ring (bicyclic) bond motifs is 1. The van der Waals surface area contributed by atoms with Crippen LogP contribution in [0.1, 0.15) is 51.8 Å². The normalized spacial score (nSPS) is 14.9. The Morgan fingerprint density at radius 1 is 1.13 bits per heavy atom. The lowest BCUT2D eigenvalue weighted by atomic mass is 9.93. The number of benzene rings is 2. The average molecular weight is 424 g/mol. The Bertz CT molecular complexity index is 987. The molecular weight excluding hydrogens is 400 g/mol. The van der Waals surface area contributed by atoms with Crippen LogP contribution in [0.5, 0.6) is 0 Å². The number of esters is 2. The van der Waals surface area contributed by atoms with Gasteiger partial charge in [-0.3, -0.25) is 10.1 Å². The first-order valence-corrected chi connectivity index (χ1v) is 9.97. The number of hydrogen-bond acceptors (Lipinski definition) is 6. The minimum absolute atomic E-state index is 0.206. The van der Waals surface area contributed by atoms with Crippen molar-refractivity contribution in [3.05, 3.63) is 70.8 Å². The number of nitrogens with one attached hydrogen (secondary N) is 2. The fourth-order valence-corrected chi connectivity index (χ4v) is 3.09. The topological polar surface area (TPSA) is 111 Å². The van der Waals surface area contributed by atoms with Crippen molar-refractivity contribution < 1.29 is 28.7 Å². The van der Waals surface area contributed by atoms with Gasteiger partial charge in [-0.05, 0) is 35.2 Å². The number of carbonyl (C=O) groups is 4. The second kappa shape index (κ2) is 9.88. The largest absolute Gasteiger partial charge is 0.454 e. The van der Waals surface area contributed by atoms with Crippen LogP contribution in [0, 0.1) is 5.92 Å². The lowest BCUT2D eigenvalue weighted by molar-refractivity contribution is -0.123. The molecule has 0 bridgehead atoms. The third-order valence-electron chi connectivity index (χ3n) is 4.64. The van der Waals surface area contributed by atoms with E-state index in [0.29, 0.717) is 24.1 Å². The van der Waals surface area contributed by atoms with Crippen molar-refractivity contribution in [1.82, 2.24) is 10.6 Å². The molecule has 0 saturated carbocycles. The molecule has 162 valence electrons. The highest BCUT2D eigenvalue weighted by Crippen LogP contribution is 2.31. The molecule has 0 radical (unpaired) electrons. The van der Waals surface area contributed by atoms with Crippen LogP contribution in [0.25, 0.3) is 0 Å². The zero-order valence-electron chi connectivity index (χ0n) is 17.3. The first-order valence-electron chi connectivity index (χ1n) is 9.97. The molecule has 8 nitrogen and oxygen atoms in total. The molecule has 0 spiro atoms. The minimum Gasteiger partial charge on any atom is -0.454 e. The number of amides is 3. The van der Waals surface area contributed by atoms with E-state index >= 15 is 0 Å². The van der Waals surface area contributed by atoms with E-state index in [1.165, 1.54) is 12.1 Å². The quantitative estimate of drug-likeness (QED) is 0.690. The van der Waals surface area contributed by atoms with Crippen LogP contribution in [0.3, 0.4) is 0 Å². The molecule has 1 heterocycles. The van der Waals surface area contributed by atoms with Crippen molar-refractivity contribution in [2.24, 2.45) is 5.92 Å². The number of carbonyl (C=O) groups excluding carboxylic acids is 4. The first kappa shape index (κ1) is 22.0. The fourth-order valence-electron chi connectivity index (χ4n) is 3.09. The van der Waals surface area contributed by atoms with Crippen molar-refractivity contribution in [2.75, 3.05) is 13.2 Å². The number of ether oxygens (including phenoxy) is 2. The minimum atomic E-state index is -0.736. The smallest absolute Gasteiger partial charge is 0.339 e. The standard InChI is InChI=1S/C23H24N2O6/c1-14(2)12-24-23(29)25-20(26)13-30-21(27)16-8-9-18-17(10-16)11-19(31-22(18)28)15-6-4-3-5-7-15/h3-10,14,19H,11-13H2,1-2H3,(H2,24,25,26,29). The molecule has 0 aromatic heterocycles. The van der Waals surface area contributed by atoms with Gasteiger partial charge in [-0.25, -0.2) is 14.4 Å². The fraction of sp³-hybridized carbons (Fsp3) is 0.304. The summed E-state index contributed by atoms with van der Waals surface area (Å²) in [6.45, 7) is 3.66. The highest BCUT2D eigenvalue weighted by molar-refractivity contribution is 5.98. The van der Waals surface area contributed by atoms with Gasteiger partial charge in [0, 0.05) is 13.0 Å². The lowest BCUT2D eigenvalue weighted by Gasteiger charge is -2.25. The summed E-state index contributed by atoms with van der Waals surface area (Å²) in [6.07, 6.45) is -0.0227. The van der Waals surface area contributed by atoms with E-state index < -0.39 is 36.6 Å². The number of imide groups is 1. The molecule has 1 aliphatic heterocycles. The summed E-state index contributed by atoms with van der Waals surface area (Å²) < 4.78 is 10.5. The summed E-state index contributed by atoms with van der Waals surface area (Å²) in [4.78, 5) is 48.1. The Morgan fingerprint density at radius 2 is 1.87 bits per heavy atom. The predicted molar refractivity (Wildman–Crippen MR) is 111 cm³/mol. The van der Waals surface area contributed by atoms with Gasteiger partial charge in [-0.2, -0.15) is 0 Å². The average Bonchev–Trinajstić information content (AvgIpc) is 2.76. The molecule has 0 saturated heterocycles. The van der Waals surface area contributed by atoms with Gasteiger partial charge < -0.3 is 14.8 Å². The van der Waals surface area contributed by atoms with Gasteiger partial charge in [0.25, 0.3) is 5.91 Å². The molecule has 2 aromatic carbocycles. The number of rotatable bonds is 6. The SMILES string of the molecule is CC(C)CNC(=O)NC(=O)COC(=O)c1ccc2c(c1)CC(c1ccccc1)OC2=O. The summed E-state index contributed by atoms with van der Waals surface area (Å²) >= 11 is 0. The van der Waals surface area contributed by atoms with E-state index in [1.807, 2.05) is 44.2 Å². The molecule has 0 aliphatic carbocycles. The maximum atomic E-state index is 12.3. The van der Waals surface area contributed by atoms with Crippen molar-refractivity contribution in [2.45, 2.75) is 26.4 Å².